The molecule has 1 aromatic carbocycles. The molecule has 0 spiro atoms. The highest BCUT2D eigenvalue weighted by Gasteiger charge is 2.16. The minimum absolute atomic E-state index is 0.0394. The Hall–Kier alpha value is -1.49. The van der Waals surface area contributed by atoms with Crippen LogP contribution in [0, 0.1) is 11.6 Å². The van der Waals surface area contributed by atoms with Crippen molar-refractivity contribution >= 4 is 5.97 Å². The number of carboxylic acids is 1. The molecular formula is C8H7F2NO2. The van der Waals surface area contributed by atoms with E-state index in [9.17, 15) is 13.6 Å². The van der Waals surface area contributed by atoms with E-state index in [1.807, 2.05) is 0 Å². The first-order chi connectivity index (χ1) is 6.07. The van der Waals surface area contributed by atoms with E-state index in [0.717, 1.165) is 12.1 Å². The number of hydrogen-bond donors (Lipinski definition) is 2. The number of carbonyl (C=O) groups is 1. The van der Waals surface area contributed by atoms with Crippen LogP contribution < -0.4 is 5.73 Å². The van der Waals surface area contributed by atoms with Crippen molar-refractivity contribution in [2.75, 3.05) is 0 Å². The highest BCUT2D eigenvalue weighted by molar-refractivity contribution is 5.87. The van der Waals surface area contributed by atoms with Crippen LogP contribution in [0.25, 0.3) is 0 Å². The van der Waals surface area contributed by atoms with Crippen molar-refractivity contribution in [2.45, 2.75) is 6.54 Å². The minimum Gasteiger partial charge on any atom is -0.478 e. The van der Waals surface area contributed by atoms with Gasteiger partial charge in [-0.15, -0.1) is 0 Å². The molecule has 0 heterocycles. The Morgan fingerprint density at radius 2 is 2.00 bits per heavy atom. The summed E-state index contributed by atoms with van der Waals surface area (Å²) in [6.45, 7) is -0.164. The number of nitrogens with two attached hydrogens (primary N) is 1. The molecular weight excluding hydrogens is 180 g/mol. The minimum atomic E-state index is -1.50. The van der Waals surface area contributed by atoms with Crippen LogP contribution in [-0.2, 0) is 6.54 Å². The topological polar surface area (TPSA) is 63.3 Å². The smallest absolute Gasteiger partial charge is 0.338 e. The SMILES string of the molecule is NCc1ccc(C(=O)O)c(F)c1F. The third-order valence-electron chi connectivity index (χ3n) is 1.61. The van der Waals surface area contributed by atoms with Crippen molar-refractivity contribution in [3.63, 3.8) is 0 Å². The summed E-state index contributed by atoms with van der Waals surface area (Å²) in [6.07, 6.45) is 0. The van der Waals surface area contributed by atoms with Crippen LogP contribution in [0.15, 0.2) is 12.1 Å². The third-order valence-corrected chi connectivity index (χ3v) is 1.61. The van der Waals surface area contributed by atoms with E-state index >= 15 is 0 Å². The molecule has 1 rings (SSSR count). The summed E-state index contributed by atoms with van der Waals surface area (Å²) in [5.41, 5.74) is 4.37. The van der Waals surface area contributed by atoms with Gasteiger partial charge in [0.1, 0.15) is 0 Å². The molecule has 1 aromatic rings. The zero-order chi connectivity index (χ0) is 10.0. The van der Waals surface area contributed by atoms with E-state index in [-0.39, 0.29) is 12.1 Å². The van der Waals surface area contributed by atoms with E-state index in [1.54, 1.807) is 0 Å². The van der Waals surface area contributed by atoms with Crippen molar-refractivity contribution in [2.24, 2.45) is 5.73 Å². The van der Waals surface area contributed by atoms with Gasteiger partial charge >= 0.3 is 5.97 Å². The highest BCUT2D eigenvalue weighted by atomic mass is 19.2. The molecule has 0 aliphatic rings. The van der Waals surface area contributed by atoms with Crippen molar-refractivity contribution in [3.8, 4) is 0 Å². The van der Waals surface area contributed by atoms with Crippen LogP contribution in [0.3, 0.4) is 0 Å². The molecule has 0 atom stereocenters. The summed E-state index contributed by atoms with van der Waals surface area (Å²) in [4.78, 5) is 10.3. The Labute approximate surface area is 72.8 Å². The van der Waals surface area contributed by atoms with Gasteiger partial charge in [0.2, 0.25) is 0 Å². The average molecular weight is 187 g/mol. The fourth-order valence-electron chi connectivity index (χ4n) is 0.912. The number of rotatable bonds is 2. The number of benzene rings is 1. The van der Waals surface area contributed by atoms with Crippen LogP contribution >= 0.6 is 0 Å². The zero-order valence-corrected chi connectivity index (χ0v) is 6.55. The molecule has 13 heavy (non-hydrogen) atoms. The molecule has 5 heteroatoms. The van der Waals surface area contributed by atoms with Crippen molar-refractivity contribution < 1.29 is 18.7 Å². The quantitative estimate of drug-likeness (QED) is 0.729. The van der Waals surface area contributed by atoms with Gasteiger partial charge in [0.25, 0.3) is 0 Å². The van der Waals surface area contributed by atoms with Crippen LogP contribution in [0.5, 0.6) is 0 Å². The summed E-state index contributed by atoms with van der Waals surface area (Å²) < 4.78 is 25.8. The van der Waals surface area contributed by atoms with E-state index in [2.05, 4.69) is 0 Å². The lowest BCUT2D eigenvalue weighted by atomic mass is 10.1. The predicted octanol–water partition coefficient (Wildman–Crippen LogP) is 1.12. The lowest BCUT2D eigenvalue weighted by Crippen LogP contribution is -2.07. The Morgan fingerprint density at radius 3 is 2.46 bits per heavy atom. The van der Waals surface area contributed by atoms with Gasteiger partial charge in [-0.3, -0.25) is 0 Å². The first kappa shape index (κ1) is 9.60. The molecule has 0 unspecified atom stereocenters. The number of halogens is 2. The van der Waals surface area contributed by atoms with Gasteiger partial charge in [-0.25, -0.2) is 13.6 Å². The maximum atomic E-state index is 12.9. The van der Waals surface area contributed by atoms with Gasteiger partial charge in [-0.1, -0.05) is 6.07 Å². The molecule has 0 saturated heterocycles. The van der Waals surface area contributed by atoms with Gasteiger partial charge in [-0.2, -0.15) is 0 Å². The molecule has 0 saturated carbocycles. The molecule has 0 aromatic heterocycles. The summed E-state index contributed by atoms with van der Waals surface area (Å²) in [5.74, 6) is -4.06. The molecule has 3 N–H and O–H groups in total. The standard InChI is InChI=1S/C8H7F2NO2/c9-6-4(3-11)1-2-5(7(6)10)8(12)13/h1-2H,3,11H2,(H,12,13). The highest BCUT2D eigenvalue weighted by Crippen LogP contribution is 2.15. The summed E-state index contributed by atoms with van der Waals surface area (Å²) in [5, 5.41) is 8.42. The first-order valence-electron chi connectivity index (χ1n) is 3.48. The lowest BCUT2D eigenvalue weighted by molar-refractivity contribution is 0.0690. The van der Waals surface area contributed by atoms with Gasteiger partial charge < -0.3 is 10.8 Å². The van der Waals surface area contributed by atoms with Crippen molar-refractivity contribution in [1.82, 2.24) is 0 Å². The monoisotopic (exact) mass is 187 g/mol. The van der Waals surface area contributed by atoms with Gasteiger partial charge in [0.05, 0.1) is 5.56 Å². The molecule has 0 radical (unpaired) electrons. The van der Waals surface area contributed by atoms with Crippen molar-refractivity contribution in [3.05, 3.63) is 34.9 Å². The largest absolute Gasteiger partial charge is 0.478 e. The van der Waals surface area contributed by atoms with Crippen LogP contribution in [0.4, 0.5) is 8.78 Å². The maximum absolute atomic E-state index is 12.9. The molecule has 3 nitrogen and oxygen atoms in total. The third kappa shape index (κ3) is 1.65. The van der Waals surface area contributed by atoms with Gasteiger partial charge in [0.15, 0.2) is 11.6 Å². The van der Waals surface area contributed by atoms with Crippen molar-refractivity contribution in [1.29, 1.82) is 0 Å². The fraction of sp³-hybridized carbons (Fsp3) is 0.125. The molecule has 0 aliphatic heterocycles. The lowest BCUT2D eigenvalue weighted by Gasteiger charge is -2.02. The zero-order valence-electron chi connectivity index (χ0n) is 6.55. The number of hydrogen-bond acceptors (Lipinski definition) is 2. The normalized spacial score (nSPS) is 10.1. The molecule has 0 amide bonds. The van der Waals surface area contributed by atoms with Crippen LogP contribution in [-0.4, -0.2) is 11.1 Å². The van der Waals surface area contributed by atoms with E-state index in [4.69, 9.17) is 10.8 Å². The summed E-state index contributed by atoms with van der Waals surface area (Å²) >= 11 is 0. The second-order valence-corrected chi connectivity index (χ2v) is 2.41. The van der Waals surface area contributed by atoms with E-state index in [1.165, 1.54) is 0 Å². The van der Waals surface area contributed by atoms with Crippen LogP contribution in [0.1, 0.15) is 15.9 Å². The average Bonchev–Trinajstić information content (AvgIpc) is 2.09. The summed E-state index contributed by atoms with van der Waals surface area (Å²) in [6, 6.07) is 2.14. The molecule has 70 valence electrons. The Balaban J connectivity index is 3.31. The predicted molar refractivity (Wildman–Crippen MR) is 41.2 cm³/mol. The molecule has 0 aliphatic carbocycles. The van der Waals surface area contributed by atoms with E-state index in [0.29, 0.717) is 0 Å². The Bertz CT molecular complexity index is 352. The first-order valence-corrected chi connectivity index (χ1v) is 3.48. The molecule has 0 bridgehead atoms. The van der Waals surface area contributed by atoms with E-state index < -0.39 is 23.2 Å². The number of aromatic carboxylic acids is 1. The maximum Gasteiger partial charge on any atom is 0.338 e. The Morgan fingerprint density at radius 1 is 1.38 bits per heavy atom. The molecule has 0 fully saturated rings. The second kappa shape index (κ2) is 3.49. The van der Waals surface area contributed by atoms with Crippen LogP contribution in [0.2, 0.25) is 0 Å². The fourth-order valence-corrected chi connectivity index (χ4v) is 0.912. The van der Waals surface area contributed by atoms with Gasteiger partial charge in [-0.05, 0) is 6.07 Å². The number of carboxylic acid groups (broad SMARTS) is 1. The Kier molecular flexibility index (Phi) is 2.57. The second-order valence-electron chi connectivity index (χ2n) is 2.41. The summed E-state index contributed by atoms with van der Waals surface area (Å²) in [7, 11) is 0. The van der Waals surface area contributed by atoms with Gasteiger partial charge in [0, 0.05) is 12.1 Å².